The van der Waals surface area contributed by atoms with E-state index in [1.54, 1.807) is 18.2 Å². The molecule has 0 spiro atoms. The Morgan fingerprint density at radius 2 is 2.22 bits per heavy atom. The van der Waals surface area contributed by atoms with Gasteiger partial charge in [-0.1, -0.05) is 12.1 Å². The molecule has 0 bridgehead atoms. The van der Waals surface area contributed by atoms with Crippen LogP contribution in [0.25, 0.3) is 0 Å². The number of piperidine rings is 1. The average Bonchev–Trinajstić information content (AvgIpc) is 3.02. The number of hydrogen-bond acceptors (Lipinski definition) is 3. The molecule has 1 aromatic heterocycles. The van der Waals surface area contributed by atoms with Gasteiger partial charge in [0.1, 0.15) is 0 Å². The van der Waals surface area contributed by atoms with E-state index in [1.807, 2.05) is 12.5 Å². The highest BCUT2D eigenvalue weighted by Crippen LogP contribution is 2.21. The van der Waals surface area contributed by atoms with Gasteiger partial charge in [-0.05, 0) is 38.4 Å². The molecule has 1 fully saturated rings. The minimum atomic E-state index is -0.285. The lowest BCUT2D eigenvalue weighted by Gasteiger charge is -2.32. The van der Waals surface area contributed by atoms with Crippen LogP contribution in [0.15, 0.2) is 36.8 Å². The molecule has 124 valence electrons. The third-order valence-electron chi connectivity index (χ3n) is 4.44. The Morgan fingerprint density at radius 1 is 1.35 bits per heavy atom. The number of ether oxygens (including phenoxy) is 1. The normalized spacial score (nSPS) is 19.0. The first-order valence-corrected chi connectivity index (χ1v) is 8.35. The Balaban J connectivity index is 1.53. The second-order valence-electron chi connectivity index (χ2n) is 6.16. The van der Waals surface area contributed by atoms with Gasteiger partial charge in [-0.2, -0.15) is 0 Å². The molecule has 0 aliphatic carbocycles. The van der Waals surface area contributed by atoms with Crippen LogP contribution in [0.5, 0.6) is 5.75 Å². The maximum Gasteiger partial charge on any atom is 0.165 e. The van der Waals surface area contributed by atoms with E-state index in [9.17, 15) is 4.39 Å². The van der Waals surface area contributed by atoms with E-state index in [-0.39, 0.29) is 5.82 Å². The fourth-order valence-electron chi connectivity index (χ4n) is 3.19. The van der Waals surface area contributed by atoms with Gasteiger partial charge in [0.2, 0.25) is 0 Å². The largest absolute Gasteiger partial charge is 0.490 e. The fraction of sp³-hybridized carbons (Fsp3) is 0.500. The van der Waals surface area contributed by atoms with Crippen LogP contribution in [-0.2, 0) is 13.1 Å². The second-order valence-corrected chi connectivity index (χ2v) is 6.16. The lowest BCUT2D eigenvalue weighted by atomic mass is 9.99. The standard InChI is InChI=1S/C18H24FN3O/c1-2-22-14-20-10-16(22)12-21-9-5-6-15(11-21)13-23-18-8-4-3-7-17(18)19/h3-4,7-8,10,14-15H,2,5-6,9,11-13H2,1H3/t15-/m1/s1. The van der Waals surface area contributed by atoms with Crippen molar-refractivity contribution in [3.05, 3.63) is 48.3 Å². The van der Waals surface area contributed by atoms with E-state index in [0.29, 0.717) is 18.3 Å². The molecule has 3 rings (SSSR count). The molecule has 4 nitrogen and oxygen atoms in total. The van der Waals surface area contributed by atoms with Gasteiger partial charge in [0, 0.05) is 31.7 Å². The summed E-state index contributed by atoms with van der Waals surface area (Å²) in [6.45, 7) is 6.67. The number of para-hydroxylation sites is 1. The quantitative estimate of drug-likeness (QED) is 0.818. The first kappa shape index (κ1) is 16.0. The third-order valence-corrected chi connectivity index (χ3v) is 4.44. The van der Waals surface area contributed by atoms with Crippen molar-refractivity contribution in [2.45, 2.75) is 32.9 Å². The number of nitrogens with zero attached hydrogens (tertiary/aromatic N) is 3. The van der Waals surface area contributed by atoms with E-state index >= 15 is 0 Å². The van der Waals surface area contributed by atoms with Crippen LogP contribution in [0.4, 0.5) is 4.39 Å². The second kappa shape index (κ2) is 7.59. The molecule has 0 amide bonds. The van der Waals surface area contributed by atoms with Crippen molar-refractivity contribution in [1.29, 1.82) is 0 Å². The van der Waals surface area contributed by atoms with E-state index < -0.39 is 0 Å². The molecule has 1 aromatic carbocycles. The number of aromatic nitrogens is 2. The highest BCUT2D eigenvalue weighted by atomic mass is 19.1. The summed E-state index contributed by atoms with van der Waals surface area (Å²) >= 11 is 0. The van der Waals surface area contributed by atoms with Gasteiger partial charge in [-0.25, -0.2) is 9.37 Å². The van der Waals surface area contributed by atoms with Crippen molar-refractivity contribution in [3.63, 3.8) is 0 Å². The van der Waals surface area contributed by atoms with E-state index in [2.05, 4.69) is 21.4 Å². The molecule has 1 aliphatic rings. The Morgan fingerprint density at radius 3 is 3.04 bits per heavy atom. The van der Waals surface area contributed by atoms with Gasteiger partial charge in [0.15, 0.2) is 11.6 Å². The van der Waals surface area contributed by atoms with Crippen LogP contribution in [0.2, 0.25) is 0 Å². The molecule has 1 atom stereocenters. The minimum absolute atomic E-state index is 0.285. The van der Waals surface area contributed by atoms with Crippen LogP contribution in [-0.4, -0.2) is 34.1 Å². The monoisotopic (exact) mass is 317 g/mol. The summed E-state index contributed by atoms with van der Waals surface area (Å²) in [7, 11) is 0. The Kier molecular flexibility index (Phi) is 5.28. The van der Waals surface area contributed by atoms with E-state index in [0.717, 1.165) is 39.0 Å². The topological polar surface area (TPSA) is 30.3 Å². The molecule has 0 saturated carbocycles. The Hall–Kier alpha value is -1.88. The average molecular weight is 317 g/mol. The van der Waals surface area contributed by atoms with Crippen molar-refractivity contribution >= 4 is 0 Å². The molecule has 5 heteroatoms. The van der Waals surface area contributed by atoms with Crippen molar-refractivity contribution < 1.29 is 9.13 Å². The van der Waals surface area contributed by atoms with Crippen LogP contribution in [0.3, 0.4) is 0 Å². The van der Waals surface area contributed by atoms with Crippen molar-refractivity contribution in [1.82, 2.24) is 14.5 Å². The molecular formula is C18H24FN3O. The first-order chi connectivity index (χ1) is 11.3. The van der Waals surface area contributed by atoms with Gasteiger partial charge >= 0.3 is 0 Å². The molecule has 1 aliphatic heterocycles. The molecule has 0 radical (unpaired) electrons. The summed E-state index contributed by atoms with van der Waals surface area (Å²) in [6, 6.07) is 6.61. The number of hydrogen-bond donors (Lipinski definition) is 0. The predicted molar refractivity (Wildman–Crippen MR) is 87.8 cm³/mol. The summed E-state index contributed by atoms with van der Waals surface area (Å²) in [4.78, 5) is 6.68. The van der Waals surface area contributed by atoms with Gasteiger partial charge in [0.05, 0.1) is 18.6 Å². The van der Waals surface area contributed by atoms with Crippen LogP contribution < -0.4 is 4.74 Å². The molecule has 0 unspecified atom stereocenters. The van der Waals surface area contributed by atoms with Gasteiger partial charge in [0.25, 0.3) is 0 Å². The maximum atomic E-state index is 13.6. The molecule has 1 saturated heterocycles. The summed E-state index contributed by atoms with van der Waals surface area (Å²) in [5.41, 5.74) is 1.25. The number of aryl methyl sites for hydroxylation is 1. The zero-order valence-corrected chi connectivity index (χ0v) is 13.6. The van der Waals surface area contributed by atoms with Crippen LogP contribution >= 0.6 is 0 Å². The Bertz CT molecular complexity index is 628. The number of likely N-dealkylation sites (tertiary alicyclic amines) is 1. The highest BCUT2D eigenvalue weighted by molar-refractivity contribution is 5.23. The van der Waals surface area contributed by atoms with E-state index in [4.69, 9.17) is 4.74 Å². The van der Waals surface area contributed by atoms with Crippen molar-refractivity contribution in [2.75, 3.05) is 19.7 Å². The highest BCUT2D eigenvalue weighted by Gasteiger charge is 2.21. The van der Waals surface area contributed by atoms with E-state index in [1.165, 1.54) is 11.8 Å². The molecule has 23 heavy (non-hydrogen) atoms. The molecule has 2 heterocycles. The lowest BCUT2D eigenvalue weighted by Crippen LogP contribution is -2.37. The third kappa shape index (κ3) is 4.10. The Labute approximate surface area is 136 Å². The first-order valence-electron chi connectivity index (χ1n) is 8.35. The minimum Gasteiger partial charge on any atom is -0.490 e. The fourth-order valence-corrected chi connectivity index (χ4v) is 3.19. The lowest BCUT2D eigenvalue weighted by molar-refractivity contribution is 0.121. The number of imidazole rings is 1. The van der Waals surface area contributed by atoms with Crippen molar-refractivity contribution in [3.8, 4) is 5.75 Å². The van der Waals surface area contributed by atoms with Crippen molar-refractivity contribution in [2.24, 2.45) is 5.92 Å². The zero-order chi connectivity index (χ0) is 16.1. The summed E-state index contributed by atoms with van der Waals surface area (Å²) in [6.07, 6.45) is 6.13. The molecule has 2 aromatic rings. The predicted octanol–water partition coefficient (Wildman–Crippen LogP) is 3.33. The van der Waals surface area contributed by atoms with Crippen LogP contribution in [0.1, 0.15) is 25.5 Å². The summed E-state index contributed by atoms with van der Waals surface area (Å²) in [5, 5.41) is 0. The smallest absolute Gasteiger partial charge is 0.165 e. The zero-order valence-electron chi connectivity index (χ0n) is 13.6. The molecule has 0 N–H and O–H groups in total. The molecular weight excluding hydrogens is 293 g/mol. The SMILES string of the molecule is CCn1cncc1CN1CCC[C@@H](COc2ccccc2F)C1. The number of benzene rings is 1. The van der Waals surface area contributed by atoms with Gasteiger partial charge < -0.3 is 9.30 Å². The number of rotatable bonds is 6. The maximum absolute atomic E-state index is 13.6. The summed E-state index contributed by atoms with van der Waals surface area (Å²) in [5.74, 6) is 0.516. The summed E-state index contributed by atoms with van der Waals surface area (Å²) < 4.78 is 21.5. The van der Waals surface area contributed by atoms with Gasteiger partial charge in [-0.15, -0.1) is 0 Å². The number of halogens is 1. The van der Waals surface area contributed by atoms with Gasteiger partial charge in [-0.3, -0.25) is 4.90 Å². The van der Waals surface area contributed by atoms with Crippen LogP contribution in [0, 0.1) is 11.7 Å².